The van der Waals surface area contributed by atoms with Crippen molar-refractivity contribution in [3.63, 3.8) is 0 Å². The van der Waals surface area contributed by atoms with E-state index in [1.165, 1.54) is 0 Å². The summed E-state index contributed by atoms with van der Waals surface area (Å²) in [5.41, 5.74) is 2.73. The highest BCUT2D eigenvalue weighted by Crippen LogP contribution is 2.30. The number of imidazole rings is 1. The van der Waals surface area contributed by atoms with E-state index < -0.39 is 17.8 Å². The monoisotopic (exact) mass is 497 g/mol. The topological polar surface area (TPSA) is 112 Å². The minimum atomic E-state index is -0.613. The average Bonchev–Trinajstić information content (AvgIpc) is 3.45. The molecule has 2 N–H and O–H groups in total. The fourth-order valence-electron chi connectivity index (χ4n) is 4.70. The van der Waals surface area contributed by atoms with Crippen molar-refractivity contribution in [2.24, 2.45) is 5.90 Å². The molecule has 0 radical (unpaired) electrons. The Hall–Kier alpha value is -3.37. The first-order chi connectivity index (χ1) is 17.1. The van der Waals surface area contributed by atoms with Crippen LogP contribution >= 0.6 is 0 Å². The molecular weight excluding hydrogens is 462 g/mol. The first kappa shape index (κ1) is 25.7. The molecule has 1 aromatic heterocycles. The van der Waals surface area contributed by atoms with Gasteiger partial charge in [0.1, 0.15) is 17.5 Å². The van der Waals surface area contributed by atoms with Gasteiger partial charge < -0.3 is 23.8 Å². The molecule has 36 heavy (non-hydrogen) atoms. The predicted octanol–water partition coefficient (Wildman–Crippen LogP) is 3.07. The van der Waals surface area contributed by atoms with E-state index in [-0.39, 0.29) is 18.5 Å². The minimum absolute atomic E-state index is 0.0763. The second kappa shape index (κ2) is 10.3. The number of hydrogen-bond donors (Lipinski definition) is 1. The molecule has 2 aliphatic heterocycles. The summed E-state index contributed by atoms with van der Waals surface area (Å²) >= 11 is 0. The predicted molar refractivity (Wildman–Crippen MR) is 134 cm³/mol. The summed E-state index contributed by atoms with van der Waals surface area (Å²) in [7, 11) is 1.62. The van der Waals surface area contributed by atoms with Crippen LogP contribution in [0, 0.1) is 6.92 Å². The van der Waals surface area contributed by atoms with Gasteiger partial charge in [0.15, 0.2) is 0 Å². The zero-order chi connectivity index (χ0) is 26.0. The number of piperidine rings is 1. The third-order valence-corrected chi connectivity index (χ3v) is 6.38. The van der Waals surface area contributed by atoms with Crippen LogP contribution in [-0.4, -0.2) is 75.8 Å². The van der Waals surface area contributed by atoms with Crippen LogP contribution in [0.5, 0.6) is 5.75 Å². The molecule has 2 saturated heterocycles. The standard InChI is InChI=1S/C26H35N5O5/c1-17-13-30(16-28-17)20-9-8-18(12-22(20)34-5)11-19-7-6-10-31(24(19)32)21-14-29(15-23(21)36-27)25(33)35-26(2,3)4/h8-9,11-13,16,21,23H,6-7,10,14-15,27H2,1-5H3. The fourth-order valence-corrected chi connectivity index (χ4v) is 4.70. The van der Waals surface area contributed by atoms with E-state index in [2.05, 4.69) is 4.98 Å². The lowest BCUT2D eigenvalue weighted by Gasteiger charge is -2.35. The highest BCUT2D eigenvalue weighted by molar-refractivity contribution is 5.99. The van der Waals surface area contributed by atoms with E-state index in [0.29, 0.717) is 30.8 Å². The van der Waals surface area contributed by atoms with Crippen LogP contribution < -0.4 is 10.6 Å². The molecule has 2 amide bonds. The maximum atomic E-state index is 13.5. The molecule has 2 fully saturated rings. The van der Waals surface area contributed by atoms with Crippen molar-refractivity contribution in [3.8, 4) is 11.4 Å². The van der Waals surface area contributed by atoms with Crippen molar-refractivity contribution in [3.05, 3.63) is 47.6 Å². The largest absolute Gasteiger partial charge is 0.495 e. The minimum Gasteiger partial charge on any atom is -0.495 e. The maximum absolute atomic E-state index is 13.5. The number of aryl methyl sites for hydroxylation is 1. The molecule has 0 saturated carbocycles. The Labute approximate surface area is 211 Å². The molecular formula is C26H35N5O5. The number of aromatic nitrogens is 2. The zero-order valence-electron chi connectivity index (χ0n) is 21.6. The molecule has 2 atom stereocenters. The molecule has 10 heteroatoms. The van der Waals surface area contributed by atoms with E-state index >= 15 is 0 Å². The van der Waals surface area contributed by atoms with Gasteiger partial charge in [0, 0.05) is 24.9 Å². The molecule has 2 aliphatic rings. The molecule has 0 aliphatic carbocycles. The van der Waals surface area contributed by atoms with Crippen LogP contribution in [0.1, 0.15) is 44.9 Å². The number of nitrogens with two attached hydrogens (primary N) is 1. The van der Waals surface area contributed by atoms with Gasteiger partial charge in [-0.15, -0.1) is 0 Å². The van der Waals surface area contributed by atoms with Gasteiger partial charge in [0.05, 0.1) is 37.4 Å². The van der Waals surface area contributed by atoms with E-state index in [1.54, 1.807) is 23.2 Å². The number of ether oxygens (including phenoxy) is 2. The van der Waals surface area contributed by atoms with Crippen molar-refractivity contribution in [1.29, 1.82) is 0 Å². The number of carbonyl (C=O) groups is 2. The van der Waals surface area contributed by atoms with Crippen LogP contribution in [0.4, 0.5) is 4.79 Å². The summed E-state index contributed by atoms with van der Waals surface area (Å²) in [4.78, 5) is 38.9. The smallest absolute Gasteiger partial charge is 0.410 e. The van der Waals surface area contributed by atoms with Crippen LogP contribution in [0.2, 0.25) is 0 Å². The third kappa shape index (κ3) is 5.55. The summed E-state index contributed by atoms with van der Waals surface area (Å²) in [6.45, 7) is 8.54. The summed E-state index contributed by atoms with van der Waals surface area (Å²) in [5.74, 6) is 6.17. The number of carbonyl (C=O) groups excluding carboxylic acids is 2. The molecule has 194 valence electrons. The number of hydrogen-bond acceptors (Lipinski definition) is 7. The van der Waals surface area contributed by atoms with Gasteiger partial charge in [0.25, 0.3) is 0 Å². The number of likely N-dealkylation sites (tertiary alicyclic amines) is 2. The third-order valence-electron chi connectivity index (χ3n) is 6.38. The first-order valence-electron chi connectivity index (χ1n) is 12.1. The van der Waals surface area contributed by atoms with Gasteiger partial charge in [0.2, 0.25) is 5.91 Å². The Morgan fingerprint density at radius 2 is 2.03 bits per heavy atom. The van der Waals surface area contributed by atoms with Gasteiger partial charge in [-0.3, -0.25) is 9.63 Å². The van der Waals surface area contributed by atoms with Crippen LogP contribution in [0.15, 0.2) is 36.3 Å². The number of rotatable bonds is 5. The Kier molecular flexibility index (Phi) is 7.37. The first-order valence-corrected chi connectivity index (χ1v) is 12.1. The normalized spacial score (nSPS) is 21.8. The molecule has 2 unspecified atom stereocenters. The molecule has 2 aromatic rings. The Morgan fingerprint density at radius 1 is 1.25 bits per heavy atom. The lowest BCUT2D eigenvalue weighted by atomic mass is 9.98. The molecule has 0 spiro atoms. The van der Waals surface area contributed by atoms with E-state index in [0.717, 1.165) is 23.4 Å². The second-order valence-electron chi connectivity index (χ2n) is 10.3. The fraction of sp³-hybridized carbons (Fsp3) is 0.500. The SMILES string of the molecule is COc1cc(C=C2CCCN(C3CN(C(=O)OC(C)(C)C)CC3ON)C2=O)ccc1-n1cnc(C)c1. The zero-order valence-corrected chi connectivity index (χ0v) is 21.6. The number of amides is 2. The Balaban J connectivity index is 1.53. The number of nitrogens with zero attached hydrogens (tertiary/aromatic N) is 4. The highest BCUT2D eigenvalue weighted by Gasteiger charge is 2.43. The van der Waals surface area contributed by atoms with E-state index in [1.807, 2.05) is 62.7 Å². The number of benzene rings is 1. The summed E-state index contributed by atoms with van der Waals surface area (Å²) in [5, 5.41) is 0. The average molecular weight is 498 g/mol. The Bertz CT molecular complexity index is 1150. The van der Waals surface area contributed by atoms with Gasteiger partial charge >= 0.3 is 6.09 Å². The van der Waals surface area contributed by atoms with Crippen molar-refractivity contribution < 1.29 is 23.9 Å². The maximum Gasteiger partial charge on any atom is 0.410 e. The van der Waals surface area contributed by atoms with Crippen LogP contribution in [-0.2, 0) is 14.4 Å². The van der Waals surface area contributed by atoms with Crippen molar-refractivity contribution in [1.82, 2.24) is 19.4 Å². The van der Waals surface area contributed by atoms with Crippen LogP contribution in [0.3, 0.4) is 0 Å². The van der Waals surface area contributed by atoms with Crippen LogP contribution in [0.25, 0.3) is 11.8 Å². The molecule has 10 nitrogen and oxygen atoms in total. The van der Waals surface area contributed by atoms with Crippen molar-refractivity contribution >= 4 is 18.1 Å². The van der Waals surface area contributed by atoms with E-state index in [9.17, 15) is 9.59 Å². The summed E-state index contributed by atoms with van der Waals surface area (Å²) in [6.07, 6.45) is 6.12. The second-order valence-corrected chi connectivity index (χ2v) is 10.3. The lowest BCUT2D eigenvalue weighted by Crippen LogP contribution is -2.51. The molecule has 0 bridgehead atoms. The quantitative estimate of drug-likeness (QED) is 0.499. The number of methoxy groups -OCH3 is 1. The lowest BCUT2D eigenvalue weighted by molar-refractivity contribution is -0.133. The molecule has 3 heterocycles. The Morgan fingerprint density at radius 3 is 2.67 bits per heavy atom. The van der Waals surface area contributed by atoms with Gasteiger partial charge in [-0.05, 0) is 64.3 Å². The van der Waals surface area contributed by atoms with Gasteiger partial charge in [-0.25, -0.2) is 15.7 Å². The molecule has 4 rings (SSSR count). The van der Waals surface area contributed by atoms with Gasteiger partial charge in [-0.2, -0.15) is 0 Å². The van der Waals surface area contributed by atoms with E-state index in [4.69, 9.17) is 20.2 Å². The highest BCUT2D eigenvalue weighted by atomic mass is 16.6. The summed E-state index contributed by atoms with van der Waals surface area (Å²) in [6, 6.07) is 5.47. The van der Waals surface area contributed by atoms with Crippen molar-refractivity contribution in [2.75, 3.05) is 26.7 Å². The summed E-state index contributed by atoms with van der Waals surface area (Å²) < 4.78 is 13.0. The van der Waals surface area contributed by atoms with Gasteiger partial charge in [-0.1, -0.05) is 6.07 Å². The molecule has 1 aromatic carbocycles. The van der Waals surface area contributed by atoms with Crippen molar-refractivity contribution in [2.45, 2.75) is 58.3 Å².